The Morgan fingerprint density at radius 1 is 0.828 bits per heavy atom. The second kappa shape index (κ2) is 16.9. The van der Waals surface area contributed by atoms with Gasteiger partial charge in [-0.15, -0.1) is 0 Å². The molecule has 0 aliphatic carbocycles. The molecule has 0 aromatic heterocycles. The zero-order valence-corrected chi connectivity index (χ0v) is 18.4. The number of Topliss-reactive ketones (excluding diaryl/α,β-unsaturated/α-hetero) is 1. The third-order valence-electron chi connectivity index (χ3n) is 4.24. The van der Waals surface area contributed by atoms with Crippen molar-refractivity contribution in [3.8, 4) is 0 Å². The Labute approximate surface area is 174 Å². The van der Waals surface area contributed by atoms with Crippen LogP contribution in [-0.4, -0.2) is 68.8 Å². The van der Waals surface area contributed by atoms with E-state index in [0.29, 0.717) is 51.5 Å². The molecule has 0 rings (SSSR count). The van der Waals surface area contributed by atoms with E-state index in [4.69, 9.17) is 0 Å². The molecular weight excluding hydrogens is 374 g/mol. The topological polar surface area (TPSA) is 128 Å². The Bertz CT molecular complexity index is 511. The molecule has 5 N–H and O–H groups in total. The Hall–Kier alpha value is -2.00. The summed E-state index contributed by atoms with van der Waals surface area (Å²) in [4.78, 5) is 47.9. The van der Waals surface area contributed by atoms with Gasteiger partial charge in [-0.05, 0) is 19.9 Å². The smallest absolute Gasteiger partial charge is 0.242 e. The Balaban J connectivity index is 4.48. The second-order valence-electron chi connectivity index (χ2n) is 7.26. The molecule has 1 atom stereocenters. The summed E-state index contributed by atoms with van der Waals surface area (Å²) in [7, 11) is 1.78. The number of hydrogen-bond acceptors (Lipinski definition) is 6. The lowest BCUT2D eigenvalue weighted by Gasteiger charge is -2.18. The highest BCUT2D eigenvalue weighted by Crippen LogP contribution is 2.03. The van der Waals surface area contributed by atoms with Crippen molar-refractivity contribution in [2.24, 2.45) is 0 Å². The minimum absolute atomic E-state index is 0.114. The molecule has 1 unspecified atom stereocenters. The van der Waals surface area contributed by atoms with Crippen molar-refractivity contribution in [2.75, 3.05) is 33.2 Å². The maximum absolute atomic E-state index is 12.4. The molecule has 0 saturated heterocycles. The lowest BCUT2D eigenvalue weighted by molar-refractivity contribution is -0.130. The third-order valence-corrected chi connectivity index (χ3v) is 4.24. The Morgan fingerprint density at radius 2 is 1.52 bits per heavy atom. The van der Waals surface area contributed by atoms with Crippen LogP contribution in [0.4, 0.5) is 0 Å². The largest absolute Gasteiger partial charge is 0.355 e. The zero-order valence-electron chi connectivity index (χ0n) is 18.4. The van der Waals surface area contributed by atoms with Crippen molar-refractivity contribution in [2.45, 2.75) is 71.4 Å². The minimum atomic E-state index is -0.777. The van der Waals surface area contributed by atoms with Crippen molar-refractivity contribution in [3.05, 3.63) is 0 Å². The standard InChI is InChI=1S/C20H39N5O4/c1-5-16(26)7-6-8-19(28)25-17(20(29)24-12-11-21-4)9-10-18(27)23-14-13-22-15(2)3/h15,17,21-22H,5-14H2,1-4H3,(H,23,27)(H,24,29)(H,25,28). The van der Waals surface area contributed by atoms with Gasteiger partial charge in [0.1, 0.15) is 11.8 Å². The lowest BCUT2D eigenvalue weighted by atomic mass is 10.1. The molecule has 0 aromatic rings. The van der Waals surface area contributed by atoms with Gasteiger partial charge in [0.25, 0.3) is 0 Å². The molecule has 0 aliphatic rings. The SMILES string of the molecule is CCC(=O)CCCC(=O)NC(CCC(=O)NCCNC(C)C)C(=O)NCCNC. The highest BCUT2D eigenvalue weighted by Gasteiger charge is 2.21. The van der Waals surface area contributed by atoms with E-state index in [0.717, 1.165) is 0 Å². The van der Waals surface area contributed by atoms with Gasteiger partial charge in [-0.25, -0.2) is 0 Å². The first-order chi connectivity index (χ1) is 13.8. The van der Waals surface area contributed by atoms with E-state index in [1.165, 1.54) is 0 Å². The van der Waals surface area contributed by atoms with Crippen molar-refractivity contribution in [1.82, 2.24) is 26.6 Å². The van der Waals surface area contributed by atoms with Crippen LogP contribution in [0.25, 0.3) is 0 Å². The molecule has 0 heterocycles. The number of nitrogens with one attached hydrogen (secondary N) is 5. The molecule has 29 heavy (non-hydrogen) atoms. The maximum atomic E-state index is 12.4. The number of rotatable bonds is 17. The number of carbonyl (C=O) groups is 4. The van der Waals surface area contributed by atoms with Gasteiger partial charge in [0.2, 0.25) is 17.7 Å². The van der Waals surface area contributed by atoms with E-state index in [1.807, 2.05) is 13.8 Å². The molecule has 0 bridgehead atoms. The summed E-state index contributed by atoms with van der Waals surface area (Å²) in [5, 5.41) is 14.4. The van der Waals surface area contributed by atoms with Crippen molar-refractivity contribution >= 4 is 23.5 Å². The van der Waals surface area contributed by atoms with Crippen molar-refractivity contribution in [3.63, 3.8) is 0 Å². The summed E-state index contributed by atoms with van der Waals surface area (Å²) in [6, 6.07) is -0.429. The number of ketones is 1. The molecule has 0 fully saturated rings. The highest BCUT2D eigenvalue weighted by molar-refractivity contribution is 5.88. The van der Waals surface area contributed by atoms with Gasteiger partial charge in [0.15, 0.2) is 0 Å². The number of amides is 3. The fraction of sp³-hybridized carbons (Fsp3) is 0.800. The van der Waals surface area contributed by atoms with Crippen LogP contribution >= 0.6 is 0 Å². The average molecular weight is 414 g/mol. The summed E-state index contributed by atoms with van der Waals surface area (Å²) in [6.45, 7) is 8.06. The first kappa shape index (κ1) is 27.0. The predicted octanol–water partition coefficient (Wildman–Crippen LogP) is -0.149. The molecule has 168 valence electrons. The number of likely N-dealkylation sites (N-methyl/N-ethyl adjacent to an activating group) is 1. The van der Waals surface area contributed by atoms with Crippen LogP contribution in [0.5, 0.6) is 0 Å². The van der Waals surface area contributed by atoms with E-state index in [1.54, 1.807) is 14.0 Å². The lowest BCUT2D eigenvalue weighted by Crippen LogP contribution is -2.48. The van der Waals surface area contributed by atoms with Crippen molar-refractivity contribution < 1.29 is 19.2 Å². The third kappa shape index (κ3) is 15.6. The molecule has 0 radical (unpaired) electrons. The fourth-order valence-electron chi connectivity index (χ4n) is 2.52. The van der Waals surface area contributed by atoms with Gasteiger partial charge >= 0.3 is 0 Å². The zero-order chi connectivity index (χ0) is 22.1. The van der Waals surface area contributed by atoms with E-state index in [9.17, 15) is 19.2 Å². The Morgan fingerprint density at radius 3 is 2.14 bits per heavy atom. The molecule has 0 aliphatic heterocycles. The average Bonchev–Trinajstić information content (AvgIpc) is 2.68. The predicted molar refractivity (Wildman–Crippen MR) is 113 cm³/mol. The fourth-order valence-corrected chi connectivity index (χ4v) is 2.52. The molecule has 0 saturated carbocycles. The van der Waals surface area contributed by atoms with Gasteiger partial charge in [-0.3, -0.25) is 19.2 Å². The van der Waals surface area contributed by atoms with E-state index in [-0.39, 0.29) is 42.8 Å². The molecule has 9 nitrogen and oxygen atoms in total. The maximum Gasteiger partial charge on any atom is 0.242 e. The molecule has 0 spiro atoms. The van der Waals surface area contributed by atoms with E-state index < -0.39 is 6.04 Å². The summed E-state index contributed by atoms with van der Waals surface area (Å²) in [5.74, 6) is -0.647. The normalized spacial score (nSPS) is 11.8. The first-order valence-electron chi connectivity index (χ1n) is 10.5. The van der Waals surface area contributed by atoms with Crippen LogP contribution < -0.4 is 26.6 Å². The van der Waals surface area contributed by atoms with Gasteiger partial charge in [0, 0.05) is 57.9 Å². The van der Waals surface area contributed by atoms with E-state index in [2.05, 4.69) is 26.6 Å². The first-order valence-corrected chi connectivity index (χ1v) is 10.5. The number of hydrogen-bond donors (Lipinski definition) is 5. The molecule has 3 amide bonds. The second-order valence-corrected chi connectivity index (χ2v) is 7.26. The highest BCUT2D eigenvalue weighted by atomic mass is 16.2. The molecule has 0 aromatic carbocycles. The summed E-state index contributed by atoms with van der Waals surface area (Å²) >= 11 is 0. The van der Waals surface area contributed by atoms with Crippen LogP contribution in [0.3, 0.4) is 0 Å². The van der Waals surface area contributed by atoms with E-state index >= 15 is 0 Å². The van der Waals surface area contributed by atoms with Gasteiger partial charge < -0.3 is 26.6 Å². The minimum Gasteiger partial charge on any atom is -0.355 e. The monoisotopic (exact) mass is 413 g/mol. The summed E-state index contributed by atoms with van der Waals surface area (Å²) in [5.41, 5.74) is 0. The number of carbonyl (C=O) groups excluding carboxylic acids is 4. The van der Waals surface area contributed by atoms with Gasteiger partial charge in [-0.1, -0.05) is 20.8 Å². The van der Waals surface area contributed by atoms with Crippen molar-refractivity contribution in [1.29, 1.82) is 0 Å². The van der Waals surface area contributed by atoms with Crippen LogP contribution in [-0.2, 0) is 19.2 Å². The quantitative estimate of drug-likeness (QED) is 0.211. The van der Waals surface area contributed by atoms with Crippen LogP contribution in [0.2, 0.25) is 0 Å². The van der Waals surface area contributed by atoms with Crippen LogP contribution in [0.15, 0.2) is 0 Å². The molecule has 9 heteroatoms. The van der Waals surface area contributed by atoms with Crippen LogP contribution in [0, 0.1) is 0 Å². The van der Waals surface area contributed by atoms with Gasteiger partial charge in [-0.2, -0.15) is 0 Å². The molecular formula is C20H39N5O4. The summed E-state index contributed by atoms with van der Waals surface area (Å²) in [6.07, 6.45) is 1.81. The van der Waals surface area contributed by atoms with Crippen LogP contribution in [0.1, 0.15) is 59.3 Å². The summed E-state index contributed by atoms with van der Waals surface area (Å²) < 4.78 is 0. The van der Waals surface area contributed by atoms with Gasteiger partial charge in [0.05, 0.1) is 0 Å². The Kier molecular flexibility index (Phi) is 15.7.